The van der Waals surface area contributed by atoms with Gasteiger partial charge >= 0.3 is 6.01 Å². The van der Waals surface area contributed by atoms with Gasteiger partial charge in [0, 0.05) is 11.5 Å². The molecule has 124 valence electrons. The van der Waals surface area contributed by atoms with Gasteiger partial charge in [-0.25, -0.2) is 20.0 Å². The number of imidazole rings is 1. The molecule has 8 nitrogen and oxygen atoms in total. The van der Waals surface area contributed by atoms with Crippen LogP contribution in [-0.4, -0.2) is 32.2 Å². The molecule has 1 aromatic carbocycles. The first-order valence-electron chi connectivity index (χ1n) is 8.39. The molecule has 1 aliphatic carbocycles. The molecule has 2 unspecified atom stereocenters. The Morgan fingerprint density at radius 1 is 1.24 bits per heavy atom. The van der Waals surface area contributed by atoms with E-state index in [-0.39, 0.29) is 0 Å². The molecule has 4 heterocycles. The number of hydrazine groups is 1. The monoisotopic (exact) mass is 333 g/mol. The van der Waals surface area contributed by atoms with Crippen molar-refractivity contribution in [3.05, 3.63) is 48.2 Å². The molecule has 0 radical (unpaired) electrons. The quantitative estimate of drug-likeness (QED) is 0.716. The van der Waals surface area contributed by atoms with Crippen LogP contribution in [0.25, 0.3) is 5.69 Å². The minimum atomic E-state index is 0.424. The lowest BCUT2D eigenvalue weighted by Gasteiger charge is -2.32. The van der Waals surface area contributed by atoms with Gasteiger partial charge in [-0.1, -0.05) is 24.2 Å². The molecule has 8 heteroatoms. The van der Waals surface area contributed by atoms with Crippen molar-refractivity contribution in [1.82, 2.24) is 19.7 Å². The molecule has 2 aliphatic heterocycles. The van der Waals surface area contributed by atoms with E-state index in [1.165, 1.54) is 0 Å². The minimum absolute atomic E-state index is 0.424. The van der Waals surface area contributed by atoms with E-state index in [0.29, 0.717) is 24.5 Å². The summed E-state index contributed by atoms with van der Waals surface area (Å²) in [5, 5.41) is 8.08. The number of anilines is 2. The number of hydrogen-bond donors (Lipinski definition) is 0. The van der Waals surface area contributed by atoms with Gasteiger partial charge in [-0.05, 0) is 24.5 Å². The highest BCUT2D eigenvalue weighted by Crippen LogP contribution is 2.46. The van der Waals surface area contributed by atoms with E-state index in [1.54, 1.807) is 0 Å². The largest absolute Gasteiger partial charge is 0.345 e. The SMILES string of the molecule is CC1CC1c1noc(N2CN=C3c4ccccc4-n4cncc4N32)n1. The summed E-state index contributed by atoms with van der Waals surface area (Å²) >= 11 is 0. The van der Waals surface area contributed by atoms with Crippen molar-refractivity contribution >= 4 is 17.7 Å². The third-order valence-electron chi connectivity index (χ3n) is 5.13. The zero-order chi connectivity index (χ0) is 16.5. The average Bonchev–Trinajstić information content (AvgIpc) is 3.12. The second-order valence-electron chi connectivity index (χ2n) is 6.73. The van der Waals surface area contributed by atoms with Gasteiger partial charge in [0.05, 0.1) is 11.9 Å². The normalized spacial score (nSPS) is 23.2. The maximum Gasteiger partial charge on any atom is 0.345 e. The third kappa shape index (κ3) is 1.71. The number of para-hydroxylation sites is 1. The van der Waals surface area contributed by atoms with Crippen molar-refractivity contribution in [2.45, 2.75) is 19.3 Å². The summed E-state index contributed by atoms with van der Waals surface area (Å²) in [5.41, 5.74) is 2.14. The second kappa shape index (κ2) is 4.47. The lowest BCUT2D eigenvalue weighted by molar-refractivity contribution is 0.408. The van der Waals surface area contributed by atoms with Crippen LogP contribution in [0.5, 0.6) is 0 Å². The van der Waals surface area contributed by atoms with Crippen LogP contribution in [0.3, 0.4) is 0 Å². The Morgan fingerprint density at radius 2 is 2.12 bits per heavy atom. The van der Waals surface area contributed by atoms with Gasteiger partial charge in [0.15, 0.2) is 17.5 Å². The van der Waals surface area contributed by atoms with E-state index in [9.17, 15) is 0 Å². The Hall–Kier alpha value is -3.16. The van der Waals surface area contributed by atoms with Gasteiger partial charge in [0.1, 0.15) is 13.0 Å². The summed E-state index contributed by atoms with van der Waals surface area (Å²) in [4.78, 5) is 13.6. The number of rotatable bonds is 2. The summed E-state index contributed by atoms with van der Waals surface area (Å²) in [6.07, 6.45) is 4.77. The molecule has 0 spiro atoms. The zero-order valence-corrected chi connectivity index (χ0v) is 13.6. The molecular weight excluding hydrogens is 318 g/mol. The topological polar surface area (TPSA) is 75.6 Å². The number of amidine groups is 1. The summed E-state index contributed by atoms with van der Waals surface area (Å²) in [6, 6.07) is 8.65. The highest BCUT2D eigenvalue weighted by atomic mass is 16.5. The Morgan fingerprint density at radius 3 is 3.00 bits per heavy atom. The summed E-state index contributed by atoms with van der Waals surface area (Å²) in [6.45, 7) is 2.65. The molecule has 0 saturated heterocycles. The van der Waals surface area contributed by atoms with Crippen LogP contribution in [0.15, 0.2) is 46.3 Å². The van der Waals surface area contributed by atoms with E-state index in [1.807, 2.05) is 39.2 Å². The molecule has 1 fully saturated rings. The third-order valence-corrected chi connectivity index (χ3v) is 5.13. The first kappa shape index (κ1) is 13.2. The molecular formula is C17H15N7O. The summed E-state index contributed by atoms with van der Waals surface area (Å²) in [7, 11) is 0. The predicted octanol–water partition coefficient (Wildman–Crippen LogP) is 2.34. The molecule has 0 N–H and O–H groups in total. The van der Waals surface area contributed by atoms with Crippen LogP contribution < -0.4 is 10.0 Å². The average molecular weight is 333 g/mol. The molecule has 6 rings (SSSR count). The number of nitrogens with zero attached hydrogens (tertiary/aromatic N) is 7. The molecule has 25 heavy (non-hydrogen) atoms. The fourth-order valence-electron chi connectivity index (χ4n) is 3.62. The van der Waals surface area contributed by atoms with Crippen molar-refractivity contribution in [3.63, 3.8) is 0 Å². The first-order chi connectivity index (χ1) is 12.3. The van der Waals surface area contributed by atoms with Crippen LogP contribution in [0.2, 0.25) is 0 Å². The molecule has 2 atom stereocenters. The van der Waals surface area contributed by atoms with E-state index < -0.39 is 0 Å². The standard InChI is InChI=1S/C17H15N7O/c1-10-6-12(10)15-20-17(25-21-15)23-9-19-16-11-4-2-3-5-13(11)22-8-18-7-14(22)24(16)23/h2-5,7-8,10,12H,6,9H2,1H3. The van der Waals surface area contributed by atoms with Gasteiger partial charge in [-0.3, -0.25) is 4.57 Å². The van der Waals surface area contributed by atoms with Crippen molar-refractivity contribution in [1.29, 1.82) is 0 Å². The van der Waals surface area contributed by atoms with Crippen LogP contribution in [0.1, 0.15) is 30.7 Å². The van der Waals surface area contributed by atoms with Gasteiger partial charge in [0.25, 0.3) is 0 Å². The lowest BCUT2D eigenvalue weighted by Crippen LogP contribution is -2.45. The van der Waals surface area contributed by atoms with Crippen molar-refractivity contribution in [2.24, 2.45) is 10.9 Å². The smallest absolute Gasteiger partial charge is 0.313 e. The number of fused-ring (bicyclic) bond motifs is 6. The number of aromatic nitrogens is 4. The molecule has 0 bridgehead atoms. The van der Waals surface area contributed by atoms with E-state index in [0.717, 1.165) is 35.1 Å². The van der Waals surface area contributed by atoms with Crippen LogP contribution in [0.4, 0.5) is 11.8 Å². The highest BCUT2D eigenvalue weighted by Gasteiger charge is 2.41. The Balaban J connectivity index is 1.45. The molecule has 3 aliphatic rings. The Bertz CT molecular complexity index is 1020. The van der Waals surface area contributed by atoms with Gasteiger partial charge in [-0.2, -0.15) is 4.98 Å². The molecule has 3 aromatic rings. The first-order valence-corrected chi connectivity index (χ1v) is 8.39. The predicted molar refractivity (Wildman–Crippen MR) is 90.7 cm³/mol. The van der Waals surface area contributed by atoms with E-state index in [4.69, 9.17) is 9.52 Å². The maximum absolute atomic E-state index is 5.55. The number of aliphatic imine (C=N–C) groups is 1. The van der Waals surface area contributed by atoms with Crippen LogP contribution in [0, 0.1) is 5.92 Å². The Kier molecular flexibility index (Phi) is 2.35. The fourth-order valence-corrected chi connectivity index (χ4v) is 3.62. The highest BCUT2D eigenvalue weighted by molar-refractivity contribution is 6.16. The van der Waals surface area contributed by atoms with Crippen molar-refractivity contribution in [3.8, 4) is 5.69 Å². The second-order valence-corrected chi connectivity index (χ2v) is 6.73. The number of hydrogen-bond acceptors (Lipinski definition) is 7. The van der Waals surface area contributed by atoms with E-state index in [2.05, 4.69) is 34.2 Å². The fraction of sp³-hybridized carbons (Fsp3) is 0.294. The minimum Gasteiger partial charge on any atom is -0.313 e. The maximum atomic E-state index is 5.55. The van der Waals surface area contributed by atoms with Crippen molar-refractivity contribution < 1.29 is 4.52 Å². The molecule has 0 amide bonds. The summed E-state index contributed by atoms with van der Waals surface area (Å²) < 4.78 is 7.60. The summed E-state index contributed by atoms with van der Waals surface area (Å²) in [5.74, 6) is 3.65. The number of benzene rings is 1. The van der Waals surface area contributed by atoms with Gasteiger partial charge in [0.2, 0.25) is 0 Å². The van der Waals surface area contributed by atoms with Gasteiger partial charge < -0.3 is 4.52 Å². The molecule has 2 aromatic heterocycles. The van der Waals surface area contributed by atoms with Crippen molar-refractivity contribution in [2.75, 3.05) is 16.7 Å². The van der Waals surface area contributed by atoms with Crippen LogP contribution >= 0.6 is 0 Å². The lowest BCUT2D eigenvalue weighted by atomic mass is 10.1. The zero-order valence-electron chi connectivity index (χ0n) is 13.6. The van der Waals surface area contributed by atoms with Crippen LogP contribution in [-0.2, 0) is 0 Å². The van der Waals surface area contributed by atoms with Gasteiger partial charge in [-0.15, -0.1) is 0 Å². The molecule has 1 saturated carbocycles. The van der Waals surface area contributed by atoms with E-state index >= 15 is 0 Å². The Labute approximate surface area is 143 Å².